The summed E-state index contributed by atoms with van der Waals surface area (Å²) in [5.74, 6) is 0.265. The SMILES string of the molecule is Cc1occc1C(=O)N(C)c1ccccc1/C(N)=N/O. The molecule has 20 heavy (non-hydrogen) atoms. The summed E-state index contributed by atoms with van der Waals surface area (Å²) < 4.78 is 5.13. The van der Waals surface area contributed by atoms with Crippen LogP contribution in [0.1, 0.15) is 21.7 Å². The van der Waals surface area contributed by atoms with Crippen molar-refractivity contribution in [2.75, 3.05) is 11.9 Å². The van der Waals surface area contributed by atoms with Crippen LogP contribution in [0.2, 0.25) is 0 Å². The number of furan rings is 1. The van der Waals surface area contributed by atoms with Crippen LogP contribution in [0.15, 0.2) is 46.2 Å². The van der Waals surface area contributed by atoms with Gasteiger partial charge in [0, 0.05) is 12.6 Å². The van der Waals surface area contributed by atoms with Crippen molar-refractivity contribution in [2.24, 2.45) is 10.9 Å². The molecule has 1 aromatic carbocycles. The molecule has 0 saturated carbocycles. The number of nitrogens with zero attached hydrogens (tertiary/aromatic N) is 2. The minimum absolute atomic E-state index is 0.0517. The molecule has 3 N–H and O–H groups in total. The van der Waals surface area contributed by atoms with E-state index in [2.05, 4.69) is 5.16 Å². The fraction of sp³-hybridized carbons (Fsp3) is 0.143. The molecule has 0 aliphatic heterocycles. The number of carbonyl (C=O) groups is 1. The van der Waals surface area contributed by atoms with Crippen molar-refractivity contribution >= 4 is 17.4 Å². The van der Waals surface area contributed by atoms with Crippen molar-refractivity contribution in [3.05, 3.63) is 53.5 Å². The third-order valence-corrected chi connectivity index (χ3v) is 3.04. The summed E-state index contributed by atoms with van der Waals surface area (Å²) in [4.78, 5) is 13.8. The van der Waals surface area contributed by atoms with Crippen molar-refractivity contribution < 1.29 is 14.4 Å². The molecule has 0 aliphatic carbocycles. The van der Waals surface area contributed by atoms with Gasteiger partial charge in [0.15, 0.2) is 5.84 Å². The summed E-state index contributed by atoms with van der Waals surface area (Å²) >= 11 is 0. The fourth-order valence-corrected chi connectivity index (χ4v) is 1.93. The number of hydrogen-bond acceptors (Lipinski definition) is 4. The third-order valence-electron chi connectivity index (χ3n) is 3.04. The van der Waals surface area contributed by atoms with E-state index in [-0.39, 0.29) is 11.7 Å². The second-order valence-electron chi connectivity index (χ2n) is 4.26. The number of oxime groups is 1. The molecule has 0 fully saturated rings. The molecule has 0 bridgehead atoms. The lowest BCUT2D eigenvalue weighted by atomic mass is 10.1. The Morgan fingerprint density at radius 3 is 2.60 bits per heavy atom. The number of benzene rings is 1. The van der Waals surface area contributed by atoms with Crippen LogP contribution in [0.3, 0.4) is 0 Å². The van der Waals surface area contributed by atoms with Crippen LogP contribution in [-0.4, -0.2) is 24.0 Å². The largest absolute Gasteiger partial charge is 0.469 e. The highest BCUT2D eigenvalue weighted by Gasteiger charge is 2.20. The Morgan fingerprint density at radius 1 is 1.30 bits per heavy atom. The molecule has 1 amide bonds. The molecule has 0 aliphatic rings. The number of aryl methyl sites for hydroxylation is 1. The van der Waals surface area contributed by atoms with Crippen LogP contribution in [0.4, 0.5) is 5.69 Å². The molecular formula is C14H15N3O3. The predicted molar refractivity (Wildman–Crippen MR) is 75.1 cm³/mol. The maximum atomic E-state index is 12.4. The van der Waals surface area contributed by atoms with E-state index in [0.29, 0.717) is 22.6 Å². The van der Waals surface area contributed by atoms with E-state index in [9.17, 15) is 4.79 Å². The van der Waals surface area contributed by atoms with E-state index in [1.165, 1.54) is 11.2 Å². The first-order valence-corrected chi connectivity index (χ1v) is 5.95. The van der Waals surface area contributed by atoms with Crippen LogP contribution < -0.4 is 10.6 Å². The summed E-state index contributed by atoms with van der Waals surface area (Å²) in [6, 6.07) is 8.53. The van der Waals surface area contributed by atoms with E-state index in [1.807, 2.05) is 0 Å². The second-order valence-corrected chi connectivity index (χ2v) is 4.26. The van der Waals surface area contributed by atoms with Gasteiger partial charge in [0.25, 0.3) is 5.91 Å². The number of hydrogen-bond donors (Lipinski definition) is 2. The molecule has 1 aromatic heterocycles. The monoisotopic (exact) mass is 273 g/mol. The maximum Gasteiger partial charge on any atom is 0.261 e. The topological polar surface area (TPSA) is 92.1 Å². The van der Waals surface area contributed by atoms with Gasteiger partial charge >= 0.3 is 0 Å². The summed E-state index contributed by atoms with van der Waals surface area (Å²) in [5, 5.41) is 11.8. The maximum absolute atomic E-state index is 12.4. The number of nitrogens with two attached hydrogens (primary N) is 1. The third kappa shape index (κ3) is 2.35. The zero-order valence-electron chi connectivity index (χ0n) is 11.2. The van der Waals surface area contributed by atoms with Crippen LogP contribution >= 0.6 is 0 Å². The van der Waals surface area contributed by atoms with Crippen molar-refractivity contribution in [1.82, 2.24) is 0 Å². The highest BCUT2D eigenvalue weighted by molar-refractivity contribution is 6.11. The quantitative estimate of drug-likeness (QED) is 0.387. The number of amides is 1. The molecule has 2 rings (SSSR count). The van der Waals surface area contributed by atoms with Crippen molar-refractivity contribution in [2.45, 2.75) is 6.92 Å². The highest BCUT2D eigenvalue weighted by Crippen LogP contribution is 2.22. The van der Waals surface area contributed by atoms with E-state index in [0.717, 1.165) is 0 Å². The van der Waals surface area contributed by atoms with Gasteiger partial charge in [-0.15, -0.1) is 0 Å². The van der Waals surface area contributed by atoms with Gasteiger partial charge in [-0.25, -0.2) is 0 Å². The molecule has 0 radical (unpaired) electrons. The Bertz CT molecular complexity index is 661. The van der Waals surface area contributed by atoms with Gasteiger partial charge in [0.2, 0.25) is 0 Å². The van der Waals surface area contributed by atoms with Gasteiger partial charge in [0.05, 0.1) is 17.5 Å². The van der Waals surface area contributed by atoms with Crippen molar-refractivity contribution in [3.63, 3.8) is 0 Å². The minimum atomic E-state index is -0.227. The number of carbonyl (C=O) groups excluding carboxylic acids is 1. The zero-order chi connectivity index (χ0) is 14.7. The molecule has 104 valence electrons. The second kappa shape index (κ2) is 5.48. The molecule has 0 saturated heterocycles. The first-order chi connectivity index (χ1) is 9.56. The molecule has 0 atom stereocenters. The molecule has 1 heterocycles. The van der Waals surface area contributed by atoms with Gasteiger partial charge in [-0.05, 0) is 25.1 Å². The summed E-state index contributed by atoms with van der Waals surface area (Å²) in [7, 11) is 1.62. The number of para-hydroxylation sites is 1. The lowest BCUT2D eigenvalue weighted by Crippen LogP contribution is -2.29. The van der Waals surface area contributed by atoms with Crippen molar-refractivity contribution in [1.29, 1.82) is 0 Å². The van der Waals surface area contributed by atoms with Gasteiger partial charge in [-0.2, -0.15) is 0 Å². The Labute approximate surface area is 116 Å². The lowest BCUT2D eigenvalue weighted by molar-refractivity contribution is 0.0991. The minimum Gasteiger partial charge on any atom is -0.469 e. The van der Waals surface area contributed by atoms with Crippen molar-refractivity contribution in [3.8, 4) is 0 Å². The number of rotatable bonds is 3. The molecule has 0 unspecified atom stereocenters. The molecule has 2 aromatic rings. The Hall–Kier alpha value is -2.76. The first-order valence-electron chi connectivity index (χ1n) is 5.95. The standard InChI is InChI=1S/C14H15N3O3/c1-9-10(7-8-20-9)14(18)17(2)12-6-4-3-5-11(12)13(15)16-19/h3-8,19H,1-2H3,(H2,15,16). The van der Waals surface area contributed by atoms with Crippen LogP contribution in [-0.2, 0) is 0 Å². The highest BCUT2D eigenvalue weighted by atomic mass is 16.4. The Morgan fingerprint density at radius 2 is 2.00 bits per heavy atom. The molecule has 6 heteroatoms. The summed E-state index contributed by atoms with van der Waals surface area (Å²) in [6.07, 6.45) is 1.46. The first kappa shape index (κ1) is 13.7. The molecule has 0 spiro atoms. The van der Waals surface area contributed by atoms with Crippen LogP contribution in [0.25, 0.3) is 0 Å². The number of amidine groups is 1. The van der Waals surface area contributed by atoms with E-state index >= 15 is 0 Å². The van der Waals surface area contributed by atoms with E-state index < -0.39 is 0 Å². The van der Waals surface area contributed by atoms with E-state index in [1.54, 1.807) is 44.3 Å². The fourth-order valence-electron chi connectivity index (χ4n) is 1.93. The zero-order valence-corrected chi connectivity index (χ0v) is 11.2. The van der Waals surface area contributed by atoms with Crippen LogP contribution in [0, 0.1) is 6.92 Å². The van der Waals surface area contributed by atoms with Gasteiger partial charge in [-0.3, -0.25) is 4.79 Å². The number of anilines is 1. The van der Waals surface area contributed by atoms with Gasteiger partial charge in [0.1, 0.15) is 5.76 Å². The van der Waals surface area contributed by atoms with Gasteiger partial charge in [-0.1, -0.05) is 17.3 Å². The summed E-state index contributed by atoms with van der Waals surface area (Å²) in [5.41, 5.74) is 7.13. The van der Waals surface area contributed by atoms with E-state index in [4.69, 9.17) is 15.4 Å². The average molecular weight is 273 g/mol. The average Bonchev–Trinajstić information content (AvgIpc) is 2.91. The van der Waals surface area contributed by atoms with Crippen LogP contribution in [0.5, 0.6) is 0 Å². The Balaban J connectivity index is 2.42. The predicted octanol–water partition coefficient (Wildman–Crippen LogP) is 1.96. The molecular weight excluding hydrogens is 258 g/mol. The molecule has 6 nitrogen and oxygen atoms in total. The van der Waals surface area contributed by atoms with Gasteiger partial charge < -0.3 is 20.3 Å². The normalized spacial score (nSPS) is 11.4. The smallest absolute Gasteiger partial charge is 0.261 e. The summed E-state index contributed by atoms with van der Waals surface area (Å²) in [6.45, 7) is 1.72. The Kier molecular flexibility index (Phi) is 3.74. The lowest BCUT2D eigenvalue weighted by Gasteiger charge is -2.19.